The summed E-state index contributed by atoms with van der Waals surface area (Å²) in [6.45, 7) is 5.80. The molecule has 0 saturated carbocycles. The second kappa shape index (κ2) is 8.55. The first-order valence-corrected chi connectivity index (χ1v) is 10.1. The molecule has 1 amide bonds. The van der Waals surface area contributed by atoms with E-state index < -0.39 is 0 Å². The maximum Gasteiger partial charge on any atom is 0.272 e. The highest BCUT2D eigenvalue weighted by Crippen LogP contribution is 2.35. The molecule has 0 bridgehead atoms. The van der Waals surface area contributed by atoms with E-state index in [-0.39, 0.29) is 18.5 Å². The number of rotatable bonds is 7. The molecule has 1 aromatic heterocycles. The minimum atomic E-state index is -0.277. The standard InChI is InChI=1S/C24H24N2O5/c1-4-19-22(15(3)27)14(2)25-23(19)24(28)26-17-7-5-6-16(10-17)12-29-18-8-9-20-21(11-18)31-13-30-20/h5-11,25H,4,12-13H2,1-3H3,(H,26,28). The number of ether oxygens (including phenoxy) is 3. The van der Waals surface area contributed by atoms with Crippen molar-refractivity contribution in [3.63, 3.8) is 0 Å². The number of aryl methyl sites for hydroxylation is 1. The van der Waals surface area contributed by atoms with E-state index in [9.17, 15) is 9.59 Å². The van der Waals surface area contributed by atoms with Gasteiger partial charge in [0.05, 0.1) is 0 Å². The lowest BCUT2D eigenvalue weighted by atomic mass is 10.0. The Hall–Kier alpha value is -3.74. The Kier molecular flexibility index (Phi) is 5.66. The van der Waals surface area contributed by atoms with E-state index in [1.165, 1.54) is 6.92 Å². The zero-order valence-corrected chi connectivity index (χ0v) is 17.7. The van der Waals surface area contributed by atoms with Gasteiger partial charge in [-0.1, -0.05) is 19.1 Å². The Bertz CT molecular complexity index is 1150. The predicted molar refractivity (Wildman–Crippen MR) is 116 cm³/mol. The molecule has 0 spiro atoms. The van der Waals surface area contributed by atoms with E-state index in [1.54, 1.807) is 13.0 Å². The van der Waals surface area contributed by atoms with E-state index in [4.69, 9.17) is 14.2 Å². The quantitative estimate of drug-likeness (QED) is 0.543. The first-order chi connectivity index (χ1) is 15.0. The number of aromatic nitrogens is 1. The number of amides is 1. The first kappa shape index (κ1) is 20.5. The molecule has 2 heterocycles. The molecule has 0 atom stereocenters. The molecule has 0 fully saturated rings. The number of aromatic amines is 1. The smallest absolute Gasteiger partial charge is 0.272 e. The molecule has 2 N–H and O–H groups in total. The lowest BCUT2D eigenvalue weighted by Gasteiger charge is -2.10. The van der Waals surface area contributed by atoms with Crippen LogP contribution in [0.2, 0.25) is 0 Å². The zero-order valence-electron chi connectivity index (χ0n) is 17.7. The van der Waals surface area contributed by atoms with Crippen molar-refractivity contribution in [3.8, 4) is 17.2 Å². The maximum atomic E-state index is 12.9. The molecule has 0 unspecified atom stereocenters. The normalized spacial score (nSPS) is 12.0. The number of H-pyrrole nitrogens is 1. The van der Waals surface area contributed by atoms with Crippen molar-refractivity contribution in [3.05, 3.63) is 70.5 Å². The Morgan fingerprint density at radius 1 is 1.13 bits per heavy atom. The molecule has 3 aromatic rings. The number of Topliss-reactive ketones (excluding diaryl/α,β-unsaturated/α-hetero) is 1. The van der Waals surface area contributed by atoms with Gasteiger partial charge in [0, 0.05) is 23.0 Å². The van der Waals surface area contributed by atoms with Crippen molar-refractivity contribution < 1.29 is 23.8 Å². The van der Waals surface area contributed by atoms with Gasteiger partial charge in [-0.25, -0.2) is 0 Å². The largest absolute Gasteiger partial charge is 0.489 e. The fourth-order valence-corrected chi connectivity index (χ4v) is 3.77. The van der Waals surface area contributed by atoms with Crippen LogP contribution in [-0.2, 0) is 13.0 Å². The van der Waals surface area contributed by atoms with E-state index in [1.807, 2.05) is 43.3 Å². The Morgan fingerprint density at radius 2 is 1.94 bits per heavy atom. The molecule has 4 rings (SSSR count). The van der Waals surface area contributed by atoms with E-state index >= 15 is 0 Å². The van der Waals surface area contributed by atoms with Crippen LogP contribution in [0.1, 0.15) is 51.5 Å². The van der Waals surface area contributed by atoms with Gasteiger partial charge in [-0.3, -0.25) is 9.59 Å². The summed E-state index contributed by atoms with van der Waals surface area (Å²) in [6, 6.07) is 12.9. The van der Waals surface area contributed by atoms with Gasteiger partial charge in [-0.15, -0.1) is 0 Å². The highest BCUT2D eigenvalue weighted by atomic mass is 16.7. The third-order valence-electron chi connectivity index (χ3n) is 5.16. The highest BCUT2D eigenvalue weighted by molar-refractivity contribution is 6.07. The molecule has 0 saturated heterocycles. The fourth-order valence-electron chi connectivity index (χ4n) is 3.77. The van der Waals surface area contributed by atoms with E-state index in [0.717, 1.165) is 11.1 Å². The molecule has 7 nitrogen and oxygen atoms in total. The third kappa shape index (κ3) is 4.26. The highest BCUT2D eigenvalue weighted by Gasteiger charge is 2.21. The molecule has 31 heavy (non-hydrogen) atoms. The monoisotopic (exact) mass is 420 g/mol. The summed E-state index contributed by atoms with van der Waals surface area (Å²) in [5, 5.41) is 2.91. The van der Waals surface area contributed by atoms with Crippen molar-refractivity contribution in [2.45, 2.75) is 33.8 Å². The van der Waals surface area contributed by atoms with Crippen molar-refractivity contribution in [1.82, 2.24) is 4.98 Å². The Balaban J connectivity index is 1.46. The van der Waals surface area contributed by atoms with Crippen LogP contribution in [-0.4, -0.2) is 23.5 Å². The number of anilines is 1. The molecule has 1 aliphatic heterocycles. The summed E-state index contributed by atoms with van der Waals surface area (Å²) in [5.74, 6) is 1.71. The second-order valence-electron chi connectivity index (χ2n) is 7.35. The van der Waals surface area contributed by atoms with Crippen molar-refractivity contribution in [2.24, 2.45) is 0 Å². The number of carbonyl (C=O) groups excluding carboxylic acids is 2. The van der Waals surface area contributed by atoms with Gasteiger partial charge < -0.3 is 24.5 Å². The lowest BCUT2D eigenvalue weighted by Crippen LogP contribution is -2.15. The average Bonchev–Trinajstić information content (AvgIpc) is 3.35. The molecule has 7 heteroatoms. The first-order valence-electron chi connectivity index (χ1n) is 10.1. The van der Waals surface area contributed by atoms with Crippen molar-refractivity contribution >= 4 is 17.4 Å². The maximum absolute atomic E-state index is 12.9. The van der Waals surface area contributed by atoms with Gasteiger partial charge >= 0.3 is 0 Å². The molecule has 1 aliphatic rings. The molecule has 0 aliphatic carbocycles. The van der Waals surface area contributed by atoms with E-state index in [2.05, 4.69) is 10.3 Å². The zero-order chi connectivity index (χ0) is 22.0. The summed E-state index contributed by atoms with van der Waals surface area (Å²) < 4.78 is 16.5. The van der Waals surface area contributed by atoms with Crippen LogP contribution in [0.25, 0.3) is 0 Å². The number of carbonyl (C=O) groups is 2. The molecule has 2 aromatic carbocycles. The van der Waals surface area contributed by atoms with Gasteiger partial charge in [0.25, 0.3) is 5.91 Å². The van der Waals surface area contributed by atoms with Gasteiger partial charge in [0.1, 0.15) is 18.1 Å². The van der Waals surface area contributed by atoms with Gasteiger partial charge in [-0.05, 0) is 55.7 Å². The molecule has 0 radical (unpaired) electrons. The van der Waals surface area contributed by atoms with Crippen LogP contribution in [0.5, 0.6) is 17.2 Å². The molecular formula is C24H24N2O5. The Labute approximate surface area is 180 Å². The second-order valence-corrected chi connectivity index (χ2v) is 7.35. The summed E-state index contributed by atoms with van der Waals surface area (Å²) in [7, 11) is 0. The summed E-state index contributed by atoms with van der Waals surface area (Å²) in [5.41, 5.74) is 4.02. The minimum Gasteiger partial charge on any atom is -0.489 e. The third-order valence-corrected chi connectivity index (χ3v) is 5.16. The SMILES string of the molecule is CCc1c(C(=O)Nc2cccc(COc3ccc4c(c3)OCO4)c2)[nH]c(C)c1C(C)=O. The van der Waals surface area contributed by atoms with Crippen LogP contribution >= 0.6 is 0 Å². The number of benzene rings is 2. The molecular weight excluding hydrogens is 396 g/mol. The number of hydrogen-bond donors (Lipinski definition) is 2. The number of hydrogen-bond acceptors (Lipinski definition) is 5. The average molecular weight is 420 g/mol. The van der Waals surface area contributed by atoms with Crippen molar-refractivity contribution in [2.75, 3.05) is 12.1 Å². The van der Waals surface area contributed by atoms with Gasteiger partial charge in [0.15, 0.2) is 17.3 Å². The number of fused-ring (bicyclic) bond motifs is 1. The topological polar surface area (TPSA) is 89.7 Å². The summed E-state index contributed by atoms with van der Waals surface area (Å²) in [4.78, 5) is 27.9. The summed E-state index contributed by atoms with van der Waals surface area (Å²) >= 11 is 0. The Morgan fingerprint density at radius 3 is 2.71 bits per heavy atom. The predicted octanol–water partition coefficient (Wildman–Crippen LogP) is 4.65. The van der Waals surface area contributed by atoms with Crippen LogP contribution in [0.15, 0.2) is 42.5 Å². The van der Waals surface area contributed by atoms with Crippen LogP contribution in [0.4, 0.5) is 5.69 Å². The number of ketones is 1. The van der Waals surface area contributed by atoms with Crippen LogP contribution < -0.4 is 19.5 Å². The fraction of sp³-hybridized carbons (Fsp3) is 0.250. The van der Waals surface area contributed by atoms with Gasteiger partial charge in [-0.2, -0.15) is 0 Å². The minimum absolute atomic E-state index is 0.0488. The number of nitrogens with one attached hydrogen (secondary N) is 2. The van der Waals surface area contributed by atoms with E-state index in [0.29, 0.717) is 52.9 Å². The van der Waals surface area contributed by atoms with Crippen molar-refractivity contribution in [1.29, 1.82) is 0 Å². The van der Waals surface area contributed by atoms with Gasteiger partial charge in [0.2, 0.25) is 6.79 Å². The molecule has 160 valence electrons. The summed E-state index contributed by atoms with van der Waals surface area (Å²) in [6.07, 6.45) is 0.589. The van der Waals surface area contributed by atoms with Crippen LogP contribution in [0, 0.1) is 6.92 Å². The van der Waals surface area contributed by atoms with Crippen LogP contribution in [0.3, 0.4) is 0 Å². The lowest BCUT2D eigenvalue weighted by molar-refractivity contribution is 0.101.